The van der Waals surface area contributed by atoms with Crippen LogP contribution < -0.4 is 10.6 Å². The van der Waals surface area contributed by atoms with Crippen LogP contribution in [0.4, 0.5) is 0 Å². The van der Waals surface area contributed by atoms with Crippen molar-refractivity contribution >= 4 is 29.9 Å². The maximum Gasteiger partial charge on any atom is 0.191 e. The van der Waals surface area contributed by atoms with Crippen LogP contribution in [0.3, 0.4) is 0 Å². The molecule has 2 rings (SSSR count). The predicted octanol–water partition coefficient (Wildman–Crippen LogP) is 1.29. The van der Waals surface area contributed by atoms with Gasteiger partial charge in [-0.05, 0) is 32.6 Å². The lowest BCUT2D eigenvalue weighted by Crippen LogP contribution is -2.51. The monoisotopic (exact) mass is 454 g/mol. The maximum atomic E-state index is 9.79. The lowest BCUT2D eigenvalue weighted by molar-refractivity contribution is -0.0132. The van der Waals surface area contributed by atoms with Crippen LogP contribution in [0, 0.1) is 11.3 Å². The number of nitrogens with zero attached hydrogens (tertiary/aromatic N) is 2. The minimum absolute atomic E-state index is 0. The van der Waals surface area contributed by atoms with Gasteiger partial charge in [0.25, 0.3) is 0 Å². The molecule has 0 spiro atoms. The Hall–Kier alpha value is -0.120. The molecule has 0 bridgehead atoms. The summed E-state index contributed by atoms with van der Waals surface area (Å²) in [6, 6.07) is 1.00. The van der Waals surface area contributed by atoms with Crippen molar-refractivity contribution in [2.24, 2.45) is 16.3 Å². The lowest BCUT2D eigenvalue weighted by atomic mass is 9.81. The van der Waals surface area contributed by atoms with Gasteiger partial charge in [0.05, 0.1) is 6.61 Å². The van der Waals surface area contributed by atoms with Crippen LogP contribution in [0.1, 0.15) is 33.6 Å². The Morgan fingerprint density at radius 2 is 2.00 bits per heavy atom. The highest BCUT2D eigenvalue weighted by Crippen LogP contribution is 2.29. The average molecular weight is 454 g/mol. The highest BCUT2D eigenvalue weighted by molar-refractivity contribution is 14.0. The molecule has 0 radical (unpaired) electrons. The minimum atomic E-state index is -0.0822. The molecule has 0 aliphatic carbocycles. The third kappa shape index (κ3) is 5.71. The summed E-state index contributed by atoms with van der Waals surface area (Å²) in [6.45, 7) is 11.4. The van der Waals surface area contributed by atoms with Gasteiger partial charge < -0.3 is 20.5 Å². The number of rotatable bonds is 5. The molecule has 2 aliphatic rings. The van der Waals surface area contributed by atoms with Gasteiger partial charge >= 0.3 is 0 Å². The topological polar surface area (TPSA) is 69.1 Å². The fraction of sp³-hybridized carbons (Fsp3) is 0.941. The summed E-state index contributed by atoms with van der Waals surface area (Å²) < 4.78 is 5.43. The van der Waals surface area contributed by atoms with E-state index >= 15 is 0 Å². The SMILES string of the molecule is CN=C(NCC1(CO)CCOCC1)NC1CN(C(C)C)CC1C.I. The molecule has 3 N–H and O–H groups in total. The molecule has 0 saturated carbocycles. The van der Waals surface area contributed by atoms with E-state index in [2.05, 4.69) is 41.3 Å². The molecule has 7 heteroatoms. The fourth-order valence-electron chi connectivity index (χ4n) is 3.45. The Labute approximate surface area is 163 Å². The summed E-state index contributed by atoms with van der Waals surface area (Å²) >= 11 is 0. The van der Waals surface area contributed by atoms with E-state index in [1.165, 1.54) is 0 Å². The first kappa shape index (κ1) is 21.9. The van der Waals surface area contributed by atoms with Gasteiger partial charge in [0.2, 0.25) is 0 Å². The van der Waals surface area contributed by atoms with Gasteiger partial charge in [-0.25, -0.2) is 0 Å². The van der Waals surface area contributed by atoms with Gasteiger partial charge in [-0.15, -0.1) is 24.0 Å². The van der Waals surface area contributed by atoms with Gasteiger partial charge in [-0.1, -0.05) is 6.92 Å². The zero-order valence-corrected chi connectivity index (χ0v) is 17.9. The molecule has 2 unspecified atom stereocenters. The van der Waals surface area contributed by atoms with E-state index in [1.807, 2.05) is 7.05 Å². The number of hydrogen-bond acceptors (Lipinski definition) is 4. The van der Waals surface area contributed by atoms with Crippen molar-refractivity contribution < 1.29 is 9.84 Å². The Bertz CT molecular complexity index is 400. The van der Waals surface area contributed by atoms with E-state index in [4.69, 9.17) is 4.74 Å². The first-order valence-electron chi connectivity index (χ1n) is 8.89. The first-order chi connectivity index (χ1) is 11.0. The van der Waals surface area contributed by atoms with Gasteiger partial charge in [-0.2, -0.15) is 0 Å². The lowest BCUT2D eigenvalue weighted by Gasteiger charge is -2.36. The van der Waals surface area contributed by atoms with E-state index in [0.717, 1.165) is 51.6 Å². The number of hydrogen-bond donors (Lipinski definition) is 3. The van der Waals surface area contributed by atoms with E-state index in [-0.39, 0.29) is 36.0 Å². The zero-order chi connectivity index (χ0) is 16.9. The molecule has 0 amide bonds. The second-order valence-electron chi connectivity index (χ2n) is 7.47. The Kier molecular flexibility index (Phi) is 9.25. The quantitative estimate of drug-likeness (QED) is 0.332. The average Bonchev–Trinajstić information content (AvgIpc) is 2.93. The zero-order valence-electron chi connectivity index (χ0n) is 15.5. The number of aliphatic imine (C=N–C) groups is 1. The van der Waals surface area contributed by atoms with Crippen LogP contribution in [0.5, 0.6) is 0 Å². The Morgan fingerprint density at radius 1 is 1.33 bits per heavy atom. The number of halogens is 1. The number of guanidine groups is 1. The standard InChI is InChI=1S/C17H34N4O2.HI/c1-13(2)21-9-14(3)15(10-21)20-16(18-4)19-11-17(12-22)5-7-23-8-6-17;/h13-15,22H,5-12H2,1-4H3,(H2,18,19,20);1H. The van der Waals surface area contributed by atoms with Crippen molar-refractivity contribution in [1.82, 2.24) is 15.5 Å². The molecule has 0 aromatic carbocycles. The molecule has 2 atom stereocenters. The van der Waals surface area contributed by atoms with Crippen molar-refractivity contribution in [1.29, 1.82) is 0 Å². The molecule has 0 aromatic heterocycles. The van der Waals surface area contributed by atoms with Crippen LogP contribution in [0.2, 0.25) is 0 Å². The summed E-state index contributed by atoms with van der Waals surface area (Å²) in [5.74, 6) is 1.44. The second-order valence-corrected chi connectivity index (χ2v) is 7.47. The van der Waals surface area contributed by atoms with Crippen molar-refractivity contribution in [2.75, 3.05) is 46.5 Å². The molecule has 2 saturated heterocycles. The molecule has 2 heterocycles. The number of aliphatic hydroxyl groups excluding tert-OH is 1. The third-order valence-electron chi connectivity index (χ3n) is 5.44. The van der Waals surface area contributed by atoms with Gasteiger partial charge in [0.15, 0.2) is 5.96 Å². The first-order valence-corrected chi connectivity index (χ1v) is 8.89. The summed E-state index contributed by atoms with van der Waals surface area (Å²) in [4.78, 5) is 6.87. The molecule has 0 aromatic rings. The van der Waals surface area contributed by atoms with Crippen molar-refractivity contribution in [3.05, 3.63) is 0 Å². The van der Waals surface area contributed by atoms with E-state index < -0.39 is 0 Å². The third-order valence-corrected chi connectivity index (χ3v) is 5.44. The highest BCUT2D eigenvalue weighted by atomic mass is 127. The Morgan fingerprint density at radius 3 is 2.50 bits per heavy atom. The predicted molar refractivity (Wildman–Crippen MR) is 109 cm³/mol. The molecule has 2 fully saturated rings. The highest BCUT2D eigenvalue weighted by Gasteiger charge is 2.34. The van der Waals surface area contributed by atoms with E-state index in [9.17, 15) is 5.11 Å². The van der Waals surface area contributed by atoms with Crippen LogP contribution >= 0.6 is 24.0 Å². The largest absolute Gasteiger partial charge is 0.396 e. The summed E-state index contributed by atoms with van der Waals surface area (Å²) in [6.07, 6.45) is 1.79. The summed E-state index contributed by atoms with van der Waals surface area (Å²) in [7, 11) is 1.81. The maximum absolute atomic E-state index is 9.79. The summed E-state index contributed by atoms with van der Waals surface area (Å²) in [5, 5.41) is 16.8. The molecule has 24 heavy (non-hydrogen) atoms. The fourth-order valence-corrected chi connectivity index (χ4v) is 3.45. The molecule has 6 nitrogen and oxygen atoms in total. The van der Waals surface area contributed by atoms with Crippen LogP contribution in [-0.2, 0) is 4.74 Å². The second kappa shape index (κ2) is 10.1. The van der Waals surface area contributed by atoms with Crippen LogP contribution in [0.25, 0.3) is 0 Å². The van der Waals surface area contributed by atoms with Crippen LogP contribution in [0.15, 0.2) is 4.99 Å². The normalized spacial score (nSPS) is 27.8. The van der Waals surface area contributed by atoms with Gasteiger partial charge in [0, 0.05) is 57.4 Å². The smallest absolute Gasteiger partial charge is 0.191 e. The molecular weight excluding hydrogens is 419 g/mol. The van der Waals surface area contributed by atoms with E-state index in [1.54, 1.807) is 0 Å². The number of nitrogens with one attached hydrogen (secondary N) is 2. The number of ether oxygens (including phenoxy) is 1. The minimum Gasteiger partial charge on any atom is -0.396 e. The van der Waals surface area contributed by atoms with E-state index in [0.29, 0.717) is 18.0 Å². The molecule has 142 valence electrons. The van der Waals surface area contributed by atoms with Crippen molar-refractivity contribution in [3.63, 3.8) is 0 Å². The molecule has 2 aliphatic heterocycles. The van der Waals surface area contributed by atoms with Crippen LogP contribution in [-0.4, -0.2) is 74.6 Å². The summed E-state index contributed by atoms with van der Waals surface area (Å²) in [5.41, 5.74) is -0.0822. The molecular formula is C17H35IN4O2. The van der Waals surface area contributed by atoms with Crippen molar-refractivity contribution in [2.45, 2.75) is 45.7 Å². The van der Waals surface area contributed by atoms with Gasteiger partial charge in [0.1, 0.15) is 0 Å². The van der Waals surface area contributed by atoms with Gasteiger partial charge in [-0.3, -0.25) is 9.89 Å². The number of aliphatic hydroxyl groups is 1. The van der Waals surface area contributed by atoms with Crippen molar-refractivity contribution in [3.8, 4) is 0 Å². The number of likely N-dealkylation sites (tertiary alicyclic amines) is 1. The Balaban J connectivity index is 0.00000288.